The summed E-state index contributed by atoms with van der Waals surface area (Å²) in [5, 5.41) is 0. The molecule has 1 aromatic rings. The van der Waals surface area contributed by atoms with Crippen molar-refractivity contribution < 1.29 is 13.2 Å². The van der Waals surface area contributed by atoms with Crippen molar-refractivity contribution in [1.82, 2.24) is 0 Å². The fourth-order valence-electron chi connectivity index (χ4n) is 1.02. The number of hydrogen-bond acceptors (Lipinski definition) is 1. The van der Waals surface area contributed by atoms with Gasteiger partial charge in [-0.05, 0) is 6.07 Å². The van der Waals surface area contributed by atoms with Gasteiger partial charge in [0.05, 0.1) is 5.56 Å². The van der Waals surface area contributed by atoms with E-state index in [4.69, 9.17) is 20.0 Å². The van der Waals surface area contributed by atoms with E-state index in [-0.39, 0.29) is 16.7 Å². The second-order valence-corrected chi connectivity index (χ2v) is 2.67. The third-order valence-corrected chi connectivity index (χ3v) is 1.67. The summed E-state index contributed by atoms with van der Waals surface area (Å²) < 4.78 is 36.7. The van der Waals surface area contributed by atoms with Crippen molar-refractivity contribution in [3.63, 3.8) is 0 Å². The van der Waals surface area contributed by atoms with E-state index in [1.165, 1.54) is 0 Å². The van der Waals surface area contributed by atoms with Crippen LogP contribution >= 0.6 is 0 Å². The Labute approximate surface area is 80.5 Å². The van der Waals surface area contributed by atoms with Crippen LogP contribution < -0.4 is 11.2 Å². The molecule has 2 N–H and O–H groups in total. The number of alkyl halides is 3. The molecule has 0 saturated heterocycles. The number of benzene rings is 1. The van der Waals surface area contributed by atoms with Gasteiger partial charge < -0.3 is 5.73 Å². The zero-order valence-corrected chi connectivity index (χ0v) is 7.02. The van der Waals surface area contributed by atoms with Crippen LogP contribution in [0, 0.1) is 12.3 Å². The van der Waals surface area contributed by atoms with Crippen molar-refractivity contribution >= 4 is 19.0 Å². The van der Waals surface area contributed by atoms with E-state index < -0.39 is 11.7 Å². The Hall–Kier alpha value is -1.57. The standard InChI is InChI=1S/C9H5BF3N/c1-2-6-7(10)3-5(4-8(6)14)9(11,12)13/h1,3-4H,14H2. The van der Waals surface area contributed by atoms with Crippen LogP contribution in [0.4, 0.5) is 18.9 Å². The molecule has 0 amide bonds. The first-order valence-electron chi connectivity index (χ1n) is 3.59. The molecule has 5 heteroatoms. The summed E-state index contributed by atoms with van der Waals surface area (Å²) in [6.07, 6.45) is 0.556. The van der Waals surface area contributed by atoms with Crippen molar-refractivity contribution in [1.29, 1.82) is 0 Å². The molecule has 0 aliphatic rings. The second-order valence-electron chi connectivity index (χ2n) is 2.67. The lowest BCUT2D eigenvalue weighted by Crippen LogP contribution is -2.16. The predicted molar refractivity (Wildman–Crippen MR) is 49.2 cm³/mol. The molecule has 70 valence electrons. The minimum Gasteiger partial charge on any atom is -0.398 e. The fraction of sp³-hybridized carbons (Fsp3) is 0.111. The van der Waals surface area contributed by atoms with Gasteiger partial charge in [0.1, 0.15) is 7.85 Å². The summed E-state index contributed by atoms with van der Waals surface area (Å²) in [6.45, 7) is 0. The number of nitrogens with two attached hydrogens (primary N) is 1. The van der Waals surface area contributed by atoms with E-state index in [0.717, 1.165) is 12.1 Å². The van der Waals surface area contributed by atoms with E-state index in [0.29, 0.717) is 0 Å². The maximum atomic E-state index is 12.2. The number of halogens is 3. The molecular weight excluding hydrogens is 190 g/mol. The lowest BCUT2D eigenvalue weighted by Gasteiger charge is -2.10. The Balaban J connectivity index is 3.37. The maximum Gasteiger partial charge on any atom is 0.416 e. The van der Waals surface area contributed by atoms with Gasteiger partial charge >= 0.3 is 6.18 Å². The Morgan fingerprint density at radius 3 is 2.29 bits per heavy atom. The number of anilines is 1. The molecule has 0 fully saturated rings. The maximum absolute atomic E-state index is 12.2. The topological polar surface area (TPSA) is 26.0 Å². The van der Waals surface area contributed by atoms with E-state index in [2.05, 4.69) is 5.92 Å². The lowest BCUT2D eigenvalue weighted by molar-refractivity contribution is -0.137. The summed E-state index contributed by atoms with van der Waals surface area (Å²) in [6, 6.07) is 1.54. The third-order valence-electron chi connectivity index (χ3n) is 1.67. The van der Waals surface area contributed by atoms with Crippen LogP contribution in [0.15, 0.2) is 12.1 Å². The van der Waals surface area contributed by atoms with Gasteiger partial charge in [-0.3, -0.25) is 0 Å². The summed E-state index contributed by atoms with van der Waals surface area (Å²) in [5.74, 6) is 2.12. The highest BCUT2D eigenvalue weighted by molar-refractivity contribution is 6.34. The molecule has 2 radical (unpaired) electrons. The first-order chi connectivity index (χ1) is 6.36. The largest absolute Gasteiger partial charge is 0.416 e. The van der Waals surface area contributed by atoms with Crippen LogP contribution in [0.25, 0.3) is 0 Å². The Bertz CT molecular complexity index is 380. The molecule has 0 saturated carbocycles. The molecule has 0 atom stereocenters. The molecule has 0 spiro atoms. The normalized spacial score (nSPS) is 11.0. The highest BCUT2D eigenvalue weighted by Gasteiger charge is 2.31. The molecule has 1 rings (SSSR count). The predicted octanol–water partition coefficient (Wildman–Crippen LogP) is 1.06. The van der Waals surface area contributed by atoms with Crippen LogP contribution in [0.3, 0.4) is 0 Å². The highest BCUT2D eigenvalue weighted by atomic mass is 19.4. The zero-order valence-electron chi connectivity index (χ0n) is 7.02. The highest BCUT2D eigenvalue weighted by Crippen LogP contribution is 2.30. The van der Waals surface area contributed by atoms with Gasteiger partial charge in [-0.2, -0.15) is 13.2 Å². The van der Waals surface area contributed by atoms with Crippen molar-refractivity contribution in [3.05, 3.63) is 23.3 Å². The average Bonchev–Trinajstić information content (AvgIpc) is 2.01. The molecule has 0 heterocycles. The first kappa shape index (κ1) is 10.5. The van der Waals surface area contributed by atoms with Gasteiger partial charge in [0.25, 0.3) is 0 Å². The number of terminal acetylenes is 1. The number of nitrogen functional groups attached to an aromatic ring is 1. The SMILES string of the molecule is [B]c1cc(C(F)(F)F)cc(N)c1C#C. The summed E-state index contributed by atoms with van der Waals surface area (Å²) in [4.78, 5) is 0. The molecule has 14 heavy (non-hydrogen) atoms. The smallest absolute Gasteiger partial charge is 0.398 e. The lowest BCUT2D eigenvalue weighted by atomic mass is 9.88. The van der Waals surface area contributed by atoms with Crippen molar-refractivity contribution in [3.8, 4) is 12.3 Å². The number of hydrogen-bond donors (Lipinski definition) is 1. The molecule has 1 nitrogen and oxygen atoms in total. The molecule has 0 aliphatic carbocycles. The van der Waals surface area contributed by atoms with E-state index in [1.54, 1.807) is 0 Å². The molecule has 0 aromatic heterocycles. The minimum absolute atomic E-state index is 0.0954. The van der Waals surface area contributed by atoms with Gasteiger partial charge in [-0.25, -0.2) is 0 Å². The zero-order chi connectivity index (χ0) is 10.9. The third kappa shape index (κ3) is 1.85. The summed E-state index contributed by atoms with van der Waals surface area (Å²) in [7, 11) is 5.31. The van der Waals surface area contributed by atoms with Gasteiger partial charge in [-0.1, -0.05) is 17.4 Å². The molecular formula is C9H5BF3N. The summed E-state index contributed by atoms with van der Waals surface area (Å²) in [5.41, 5.74) is 4.23. The van der Waals surface area contributed by atoms with Crippen molar-refractivity contribution in [2.24, 2.45) is 0 Å². The molecule has 0 aliphatic heterocycles. The Kier molecular flexibility index (Phi) is 2.48. The van der Waals surface area contributed by atoms with Crippen molar-refractivity contribution in [2.75, 3.05) is 5.73 Å². The van der Waals surface area contributed by atoms with E-state index >= 15 is 0 Å². The molecule has 0 bridgehead atoms. The molecule has 0 unspecified atom stereocenters. The Morgan fingerprint density at radius 2 is 1.93 bits per heavy atom. The van der Waals surface area contributed by atoms with E-state index in [9.17, 15) is 13.2 Å². The van der Waals surface area contributed by atoms with Crippen LogP contribution in [0.1, 0.15) is 11.1 Å². The molecule has 1 aromatic carbocycles. The van der Waals surface area contributed by atoms with Crippen LogP contribution in [0.5, 0.6) is 0 Å². The van der Waals surface area contributed by atoms with Crippen LogP contribution in [-0.2, 0) is 6.18 Å². The number of rotatable bonds is 0. The van der Waals surface area contributed by atoms with Crippen LogP contribution in [0.2, 0.25) is 0 Å². The van der Waals surface area contributed by atoms with Gasteiger partial charge in [0, 0.05) is 11.3 Å². The van der Waals surface area contributed by atoms with Crippen LogP contribution in [-0.4, -0.2) is 7.85 Å². The van der Waals surface area contributed by atoms with Gasteiger partial charge in [0.15, 0.2) is 0 Å². The van der Waals surface area contributed by atoms with E-state index in [1.807, 2.05) is 0 Å². The van der Waals surface area contributed by atoms with Gasteiger partial charge in [0.2, 0.25) is 0 Å². The van der Waals surface area contributed by atoms with Crippen molar-refractivity contribution in [2.45, 2.75) is 6.18 Å². The second kappa shape index (κ2) is 3.30. The quantitative estimate of drug-likeness (QED) is 0.374. The summed E-state index contributed by atoms with van der Waals surface area (Å²) >= 11 is 0. The minimum atomic E-state index is -4.46. The average molecular weight is 195 g/mol. The fourth-order valence-corrected chi connectivity index (χ4v) is 1.02. The van der Waals surface area contributed by atoms with Gasteiger partial charge in [-0.15, -0.1) is 6.42 Å². The monoisotopic (exact) mass is 195 g/mol. The Morgan fingerprint density at radius 1 is 1.36 bits per heavy atom. The first-order valence-corrected chi connectivity index (χ1v) is 3.59.